The number of sulfonamides is 1. The molecule has 1 aliphatic rings. The van der Waals surface area contributed by atoms with Crippen LogP contribution in [0.5, 0.6) is 0 Å². The van der Waals surface area contributed by atoms with Gasteiger partial charge in [-0.25, -0.2) is 13.2 Å². The average molecular weight is 353 g/mol. The molecular weight excluding hydrogens is 338 g/mol. The number of aromatic nitrogens is 2. The minimum atomic E-state index is -3.83. The summed E-state index contributed by atoms with van der Waals surface area (Å²) in [5, 5.41) is 9.05. The van der Waals surface area contributed by atoms with Gasteiger partial charge in [0, 0.05) is 13.1 Å². The average Bonchev–Trinajstić information content (AvgIpc) is 2.54. The van der Waals surface area contributed by atoms with Gasteiger partial charge < -0.3 is 10.1 Å². The standard InChI is InChI=1S/C14H15N3O6S/c18-12-10-7-9(1-2-11(10)15-14(21)16-12)24(22,23)17-5-3-8(4-6-17)13(19)20/h1-2,7-8H,3-6H2,(H,19,20)(H2,15,16,18,21). The molecule has 0 aliphatic carbocycles. The van der Waals surface area contributed by atoms with Crippen LogP contribution in [0.15, 0.2) is 32.7 Å². The molecule has 24 heavy (non-hydrogen) atoms. The fourth-order valence-electron chi connectivity index (χ4n) is 2.80. The fourth-order valence-corrected chi connectivity index (χ4v) is 4.29. The predicted octanol–water partition coefficient (Wildman–Crippen LogP) is -0.298. The Hall–Kier alpha value is -2.46. The maximum absolute atomic E-state index is 12.7. The SMILES string of the molecule is O=C(O)C1CCN(S(=O)(=O)c2ccc3[nH]c(=O)[nH]c(=O)c3c2)CC1. The van der Waals surface area contributed by atoms with Gasteiger partial charge in [0.15, 0.2) is 0 Å². The van der Waals surface area contributed by atoms with E-state index in [4.69, 9.17) is 5.11 Å². The zero-order chi connectivity index (χ0) is 17.5. The Kier molecular flexibility index (Phi) is 4.01. The van der Waals surface area contributed by atoms with E-state index in [0.717, 1.165) is 0 Å². The molecule has 10 heteroatoms. The summed E-state index contributed by atoms with van der Waals surface area (Å²) in [5.74, 6) is -1.46. The smallest absolute Gasteiger partial charge is 0.326 e. The number of piperidine rings is 1. The molecule has 0 saturated carbocycles. The number of carbonyl (C=O) groups is 1. The topological polar surface area (TPSA) is 140 Å². The molecule has 9 nitrogen and oxygen atoms in total. The molecule has 1 aromatic heterocycles. The van der Waals surface area contributed by atoms with Gasteiger partial charge in [0.1, 0.15) is 0 Å². The number of carboxylic acids is 1. The summed E-state index contributed by atoms with van der Waals surface area (Å²) < 4.78 is 26.6. The second kappa shape index (κ2) is 5.87. The first-order valence-electron chi connectivity index (χ1n) is 7.28. The third-order valence-corrected chi connectivity index (χ3v) is 6.05. The molecule has 128 valence electrons. The molecule has 0 atom stereocenters. The number of hydrogen-bond donors (Lipinski definition) is 3. The van der Waals surface area contributed by atoms with Crippen LogP contribution in [-0.2, 0) is 14.8 Å². The van der Waals surface area contributed by atoms with Crippen LogP contribution in [0, 0.1) is 5.92 Å². The maximum atomic E-state index is 12.7. The molecule has 1 aromatic carbocycles. The monoisotopic (exact) mass is 353 g/mol. The van der Waals surface area contributed by atoms with Crippen LogP contribution in [0.25, 0.3) is 10.9 Å². The number of aliphatic carboxylic acids is 1. The summed E-state index contributed by atoms with van der Waals surface area (Å²) in [6.07, 6.45) is 0.492. The quantitative estimate of drug-likeness (QED) is 0.692. The Morgan fingerprint density at radius 1 is 1.17 bits per heavy atom. The number of nitrogens with zero attached hydrogens (tertiary/aromatic N) is 1. The van der Waals surface area contributed by atoms with E-state index in [1.165, 1.54) is 22.5 Å². The van der Waals surface area contributed by atoms with Crippen molar-refractivity contribution in [1.82, 2.24) is 14.3 Å². The van der Waals surface area contributed by atoms with Gasteiger partial charge in [0.25, 0.3) is 5.56 Å². The van der Waals surface area contributed by atoms with Crippen molar-refractivity contribution in [3.63, 3.8) is 0 Å². The molecule has 0 unspecified atom stereocenters. The summed E-state index contributed by atoms with van der Waals surface area (Å²) in [5.41, 5.74) is -1.10. The third-order valence-electron chi connectivity index (χ3n) is 4.15. The number of hydrogen-bond acceptors (Lipinski definition) is 5. The van der Waals surface area contributed by atoms with Crippen LogP contribution in [0.2, 0.25) is 0 Å². The zero-order valence-corrected chi connectivity index (χ0v) is 13.3. The molecule has 1 fully saturated rings. The lowest BCUT2D eigenvalue weighted by atomic mass is 9.99. The molecule has 3 N–H and O–H groups in total. The van der Waals surface area contributed by atoms with E-state index in [1.54, 1.807) is 0 Å². The highest BCUT2D eigenvalue weighted by molar-refractivity contribution is 7.89. The van der Waals surface area contributed by atoms with Crippen molar-refractivity contribution in [2.75, 3.05) is 13.1 Å². The first-order chi connectivity index (χ1) is 11.3. The predicted molar refractivity (Wildman–Crippen MR) is 84.3 cm³/mol. The Labute approximate surface area is 136 Å². The second-order valence-corrected chi connectivity index (χ2v) is 7.57. The number of benzene rings is 1. The van der Waals surface area contributed by atoms with Gasteiger partial charge >= 0.3 is 11.7 Å². The zero-order valence-electron chi connectivity index (χ0n) is 12.5. The first kappa shape index (κ1) is 16.4. The number of nitrogens with one attached hydrogen (secondary N) is 2. The van der Waals surface area contributed by atoms with Gasteiger partial charge in [-0.05, 0) is 31.0 Å². The highest BCUT2D eigenvalue weighted by Crippen LogP contribution is 2.25. The van der Waals surface area contributed by atoms with Gasteiger partial charge in [-0.2, -0.15) is 4.31 Å². The molecule has 3 rings (SSSR count). The van der Waals surface area contributed by atoms with Crippen molar-refractivity contribution < 1.29 is 18.3 Å². The lowest BCUT2D eigenvalue weighted by Crippen LogP contribution is -2.40. The maximum Gasteiger partial charge on any atom is 0.326 e. The van der Waals surface area contributed by atoms with Crippen LogP contribution in [0.4, 0.5) is 0 Å². The van der Waals surface area contributed by atoms with Gasteiger partial charge in [-0.15, -0.1) is 0 Å². The molecule has 0 amide bonds. The lowest BCUT2D eigenvalue weighted by Gasteiger charge is -2.29. The molecular formula is C14H15N3O6S. The van der Waals surface area contributed by atoms with E-state index in [1.807, 2.05) is 4.98 Å². The molecule has 2 heterocycles. The lowest BCUT2D eigenvalue weighted by molar-refractivity contribution is -0.142. The van der Waals surface area contributed by atoms with Gasteiger partial charge in [0.05, 0.1) is 21.7 Å². The minimum Gasteiger partial charge on any atom is -0.481 e. The van der Waals surface area contributed by atoms with Crippen molar-refractivity contribution in [1.29, 1.82) is 0 Å². The van der Waals surface area contributed by atoms with Crippen LogP contribution < -0.4 is 11.2 Å². The van der Waals surface area contributed by atoms with Crippen LogP contribution >= 0.6 is 0 Å². The van der Waals surface area contributed by atoms with E-state index < -0.39 is 33.2 Å². The van der Waals surface area contributed by atoms with Crippen LogP contribution in [-0.4, -0.2) is 46.9 Å². The van der Waals surface area contributed by atoms with Crippen molar-refractivity contribution >= 4 is 26.9 Å². The van der Waals surface area contributed by atoms with Gasteiger partial charge in [0.2, 0.25) is 10.0 Å². The van der Waals surface area contributed by atoms with Crippen molar-refractivity contribution in [2.24, 2.45) is 5.92 Å². The molecule has 0 radical (unpaired) electrons. The Morgan fingerprint density at radius 2 is 1.83 bits per heavy atom. The molecule has 0 bridgehead atoms. The summed E-state index contributed by atoms with van der Waals surface area (Å²) in [6.45, 7) is 0.221. The minimum absolute atomic E-state index is 0.0658. The van der Waals surface area contributed by atoms with Crippen LogP contribution in [0.3, 0.4) is 0 Å². The number of carboxylic acid groups (broad SMARTS) is 1. The van der Waals surface area contributed by atoms with Crippen molar-refractivity contribution in [3.8, 4) is 0 Å². The Balaban J connectivity index is 1.96. The second-order valence-electron chi connectivity index (χ2n) is 5.63. The highest BCUT2D eigenvalue weighted by atomic mass is 32.2. The Morgan fingerprint density at radius 3 is 2.46 bits per heavy atom. The summed E-state index contributed by atoms with van der Waals surface area (Å²) in [4.78, 5) is 38.4. The fraction of sp³-hybridized carbons (Fsp3) is 0.357. The Bertz CT molecular complexity index is 1010. The normalized spacial score (nSPS) is 17.2. The molecule has 1 aliphatic heterocycles. The van der Waals surface area contributed by atoms with E-state index in [0.29, 0.717) is 0 Å². The summed E-state index contributed by atoms with van der Waals surface area (Å²) in [7, 11) is -3.83. The van der Waals surface area contributed by atoms with Gasteiger partial charge in [-0.3, -0.25) is 14.6 Å². The number of rotatable bonds is 3. The van der Waals surface area contributed by atoms with E-state index in [-0.39, 0.29) is 41.7 Å². The largest absolute Gasteiger partial charge is 0.481 e. The number of aromatic amines is 2. The molecule has 1 saturated heterocycles. The molecule has 2 aromatic rings. The number of fused-ring (bicyclic) bond motifs is 1. The first-order valence-corrected chi connectivity index (χ1v) is 8.72. The third kappa shape index (κ3) is 2.85. The molecule has 0 spiro atoms. The number of H-pyrrole nitrogens is 2. The van der Waals surface area contributed by atoms with Crippen LogP contribution in [0.1, 0.15) is 12.8 Å². The highest BCUT2D eigenvalue weighted by Gasteiger charge is 2.32. The van der Waals surface area contributed by atoms with Crippen molar-refractivity contribution in [2.45, 2.75) is 17.7 Å². The van der Waals surface area contributed by atoms with E-state index in [2.05, 4.69) is 4.98 Å². The van der Waals surface area contributed by atoms with E-state index >= 15 is 0 Å². The summed E-state index contributed by atoms with van der Waals surface area (Å²) in [6, 6.07) is 3.89. The summed E-state index contributed by atoms with van der Waals surface area (Å²) >= 11 is 0. The van der Waals surface area contributed by atoms with Crippen molar-refractivity contribution in [3.05, 3.63) is 39.0 Å². The van der Waals surface area contributed by atoms with Gasteiger partial charge in [-0.1, -0.05) is 0 Å². The van der Waals surface area contributed by atoms with E-state index in [9.17, 15) is 22.8 Å².